The number of carbonyl (C=O) groups is 3. The molecule has 0 radical (unpaired) electrons. The third-order valence-electron chi connectivity index (χ3n) is 11.3. The minimum Gasteiger partial charge on any atom is -0.508 e. The summed E-state index contributed by atoms with van der Waals surface area (Å²) in [5.74, 6) is 0.956. The number of piperidine rings is 1. The van der Waals surface area contributed by atoms with Gasteiger partial charge in [0.05, 0.1) is 0 Å². The van der Waals surface area contributed by atoms with Gasteiger partial charge < -0.3 is 19.5 Å². The molecule has 3 saturated heterocycles. The number of carbonyl (C=O) groups excluding carboxylic acids is 3. The fourth-order valence-corrected chi connectivity index (χ4v) is 8.61. The van der Waals surface area contributed by atoms with Crippen LogP contribution in [0.2, 0.25) is 0 Å². The Hall–Kier alpha value is -5.45. The van der Waals surface area contributed by atoms with Gasteiger partial charge in [-0.2, -0.15) is 0 Å². The van der Waals surface area contributed by atoms with E-state index < -0.39 is 11.9 Å². The van der Waals surface area contributed by atoms with E-state index in [1.54, 1.807) is 23.1 Å². The van der Waals surface area contributed by atoms with Crippen LogP contribution in [0.25, 0.3) is 11.1 Å². The summed E-state index contributed by atoms with van der Waals surface area (Å²) in [6.07, 6.45) is 2.61. The lowest BCUT2D eigenvalue weighted by molar-refractivity contribution is -0.136. The average Bonchev–Trinajstić information content (AvgIpc) is 3.87. The standard InChI is InChI=1S/C44H46N4O6/c1-2-38(29-6-4-3-5-7-29)42(30-8-12-35(49)13-9-30)31-10-14-36(15-11-31)53-22-20-46-27-34-25-33(46)28-47(34)21-23-54-37-16-17-39-32(24-37)26-48(44(39)52)40-18-19-41(50)45-43(40)51/h3-17,24,33-34,40,49H,2,18-23,25-28H2,1H3,(H,45,50,51). The molecule has 54 heavy (non-hydrogen) atoms. The molecule has 3 fully saturated rings. The van der Waals surface area contributed by atoms with E-state index in [9.17, 15) is 19.5 Å². The molecule has 3 unspecified atom stereocenters. The molecule has 2 bridgehead atoms. The number of phenolic OH excluding ortho intramolecular Hbond substituents is 1. The normalized spacial score (nSPS) is 21.6. The zero-order valence-corrected chi connectivity index (χ0v) is 30.6. The summed E-state index contributed by atoms with van der Waals surface area (Å²) < 4.78 is 12.4. The monoisotopic (exact) mass is 726 g/mol. The summed E-state index contributed by atoms with van der Waals surface area (Å²) in [6, 6.07) is 32.2. The average molecular weight is 727 g/mol. The lowest BCUT2D eigenvalue weighted by atomic mass is 9.88. The number of allylic oxidation sites excluding steroid dienone is 1. The van der Waals surface area contributed by atoms with Crippen molar-refractivity contribution in [1.29, 1.82) is 0 Å². The summed E-state index contributed by atoms with van der Waals surface area (Å²) in [5.41, 5.74) is 7.20. The van der Waals surface area contributed by atoms with Crippen molar-refractivity contribution < 1.29 is 29.0 Å². The van der Waals surface area contributed by atoms with Crippen molar-refractivity contribution in [2.45, 2.75) is 57.3 Å². The Morgan fingerprint density at radius 3 is 2.04 bits per heavy atom. The number of piperazine rings is 1. The molecule has 4 aliphatic heterocycles. The van der Waals surface area contributed by atoms with Gasteiger partial charge in [-0.1, -0.05) is 61.5 Å². The van der Waals surface area contributed by atoms with Gasteiger partial charge >= 0.3 is 0 Å². The van der Waals surface area contributed by atoms with E-state index in [1.165, 1.54) is 11.1 Å². The maximum absolute atomic E-state index is 13.0. The van der Waals surface area contributed by atoms with Crippen molar-refractivity contribution >= 4 is 28.9 Å². The second kappa shape index (κ2) is 15.5. The summed E-state index contributed by atoms with van der Waals surface area (Å²) in [6.45, 7) is 7.44. The molecule has 4 aliphatic rings. The van der Waals surface area contributed by atoms with Gasteiger partial charge in [-0.15, -0.1) is 0 Å². The number of ether oxygens (including phenoxy) is 2. The lowest BCUT2D eigenvalue weighted by Crippen LogP contribution is -2.52. The number of nitrogens with zero attached hydrogens (tertiary/aromatic N) is 3. The predicted octanol–water partition coefficient (Wildman–Crippen LogP) is 5.74. The molecule has 3 amide bonds. The van der Waals surface area contributed by atoms with Crippen LogP contribution >= 0.6 is 0 Å². The number of hydrogen-bond donors (Lipinski definition) is 2. The number of imide groups is 1. The Morgan fingerprint density at radius 1 is 0.778 bits per heavy atom. The zero-order valence-electron chi connectivity index (χ0n) is 30.6. The topological polar surface area (TPSA) is 112 Å². The van der Waals surface area contributed by atoms with E-state index in [4.69, 9.17) is 9.47 Å². The van der Waals surface area contributed by atoms with E-state index in [0.29, 0.717) is 43.8 Å². The van der Waals surface area contributed by atoms with E-state index in [0.717, 1.165) is 72.8 Å². The fraction of sp³-hybridized carbons (Fsp3) is 0.341. The van der Waals surface area contributed by atoms with Gasteiger partial charge in [0.15, 0.2) is 0 Å². The molecular formula is C44H46N4O6. The van der Waals surface area contributed by atoms with Crippen LogP contribution in [-0.4, -0.2) is 95.0 Å². The van der Waals surface area contributed by atoms with Crippen LogP contribution in [0.15, 0.2) is 97.1 Å². The van der Waals surface area contributed by atoms with Gasteiger partial charge in [-0.3, -0.25) is 29.5 Å². The van der Waals surface area contributed by atoms with Crippen LogP contribution in [0.4, 0.5) is 0 Å². The zero-order chi connectivity index (χ0) is 37.2. The Morgan fingerprint density at radius 2 is 1.41 bits per heavy atom. The number of phenols is 1. The molecule has 10 heteroatoms. The molecule has 0 aromatic heterocycles. The van der Waals surface area contributed by atoms with Crippen LogP contribution in [0.3, 0.4) is 0 Å². The van der Waals surface area contributed by atoms with E-state index >= 15 is 0 Å². The first-order valence-electron chi connectivity index (χ1n) is 19.0. The molecule has 4 aromatic carbocycles. The molecule has 10 nitrogen and oxygen atoms in total. The van der Waals surface area contributed by atoms with Crippen LogP contribution in [-0.2, 0) is 16.1 Å². The molecule has 0 saturated carbocycles. The Kier molecular flexibility index (Phi) is 10.2. The van der Waals surface area contributed by atoms with Crippen molar-refractivity contribution in [3.8, 4) is 17.2 Å². The minimum absolute atomic E-state index is 0.176. The summed E-state index contributed by atoms with van der Waals surface area (Å²) >= 11 is 0. The summed E-state index contributed by atoms with van der Waals surface area (Å²) in [4.78, 5) is 43.6. The number of likely N-dealkylation sites (tertiary alicyclic amines) is 2. The van der Waals surface area contributed by atoms with Crippen LogP contribution in [0.1, 0.15) is 65.2 Å². The molecule has 0 aliphatic carbocycles. The van der Waals surface area contributed by atoms with Crippen LogP contribution < -0.4 is 14.8 Å². The maximum atomic E-state index is 13.0. The van der Waals surface area contributed by atoms with Gasteiger partial charge in [0.25, 0.3) is 5.91 Å². The third kappa shape index (κ3) is 7.36. The SMILES string of the molecule is CCC(=C(c1ccc(O)cc1)c1ccc(OCCN2CC3CC2CN3CCOc2ccc3c(c2)CN(C2CCC(=O)NC2=O)C3=O)cc1)c1ccccc1. The van der Waals surface area contributed by atoms with Crippen LogP contribution in [0.5, 0.6) is 17.2 Å². The number of hydrogen-bond acceptors (Lipinski definition) is 8. The minimum atomic E-state index is -0.621. The highest BCUT2D eigenvalue weighted by molar-refractivity contribution is 6.05. The van der Waals surface area contributed by atoms with Gasteiger partial charge in [-0.25, -0.2) is 0 Å². The molecule has 0 spiro atoms. The first-order valence-corrected chi connectivity index (χ1v) is 19.0. The molecule has 4 aromatic rings. The highest BCUT2D eigenvalue weighted by Crippen LogP contribution is 2.36. The quantitative estimate of drug-likeness (QED) is 0.133. The molecule has 3 atom stereocenters. The molecule has 2 N–H and O–H groups in total. The van der Waals surface area contributed by atoms with Crippen molar-refractivity contribution in [1.82, 2.24) is 20.0 Å². The van der Waals surface area contributed by atoms with E-state index in [-0.39, 0.29) is 24.0 Å². The van der Waals surface area contributed by atoms with Crippen molar-refractivity contribution in [3.05, 3.63) is 125 Å². The van der Waals surface area contributed by atoms with Crippen molar-refractivity contribution in [3.63, 3.8) is 0 Å². The lowest BCUT2D eigenvalue weighted by Gasteiger charge is -2.34. The van der Waals surface area contributed by atoms with Gasteiger partial charge in [0.1, 0.15) is 36.5 Å². The molecular weight excluding hydrogens is 681 g/mol. The number of aromatic hydroxyl groups is 1. The number of rotatable bonds is 13. The number of benzene rings is 4. The van der Waals surface area contributed by atoms with E-state index in [2.05, 4.69) is 70.6 Å². The Labute approximate surface area is 316 Å². The largest absolute Gasteiger partial charge is 0.508 e. The van der Waals surface area contributed by atoms with Gasteiger partial charge in [0.2, 0.25) is 11.8 Å². The second-order valence-electron chi connectivity index (χ2n) is 14.6. The highest BCUT2D eigenvalue weighted by atomic mass is 16.5. The number of amides is 3. The fourth-order valence-electron chi connectivity index (χ4n) is 8.61. The maximum Gasteiger partial charge on any atom is 0.255 e. The molecule has 8 rings (SSSR count). The highest BCUT2D eigenvalue weighted by Gasteiger charge is 2.43. The first kappa shape index (κ1) is 35.6. The van der Waals surface area contributed by atoms with Gasteiger partial charge in [0, 0.05) is 56.8 Å². The van der Waals surface area contributed by atoms with Gasteiger partial charge in [-0.05, 0) is 95.1 Å². The summed E-state index contributed by atoms with van der Waals surface area (Å²) in [5, 5.41) is 12.3. The number of nitrogens with one attached hydrogen (secondary N) is 1. The van der Waals surface area contributed by atoms with Crippen molar-refractivity contribution in [2.75, 3.05) is 39.4 Å². The Bertz CT molecular complexity index is 2050. The predicted molar refractivity (Wildman–Crippen MR) is 206 cm³/mol. The molecule has 278 valence electrons. The summed E-state index contributed by atoms with van der Waals surface area (Å²) in [7, 11) is 0. The van der Waals surface area contributed by atoms with Crippen molar-refractivity contribution in [2.24, 2.45) is 0 Å². The Balaban J connectivity index is 0.809. The van der Waals surface area contributed by atoms with Crippen LogP contribution in [0, 0.1) is 0 Å². The number of fused-ring (bicyclic) bond motifs is 3. The first-order chi connectivity index (χ1) is 26.3. The third-order valence-corrected chi connectivity index (χ3v) is 11.3. The molecule has 4 heterocycles. The second-order valence-corrected chi connectivity index (χ2v) is 14.6. The van der Waals surface area contributed by atoms with E-state index in [1.807, 2.05) is 30.3 Å². The smallest absolute Gasteiger partial charge is 0.255 e.